The van der Waals surface area contributed by atoms with Crippen molar-refractivity contribution in [2.45, 2.75) is 32.4 Å². The molecule has 4 nitrogen and oxygen atoms in total. The predicted octanol–water partition coefficient (Wildman–Crippen LogP) is 2.13. The first-order valence-electron chi connectivity index (χ1n) is 6.25. The zero-order valence-electron chi connectivity index (χ0n) is 11.5. The van der Waals surface area contributed by atoms with Crippen molar-refractivity contribution in [2.24, 2.45) is 0 Å². The Hall–Kier alpha value is -1.62. The van der Waals surface area contributed by atoms with Gasteiger partial charge in [-0.05, 0) is 24.3 Å². The van der Waals surface area contributed by atoms with Crippen LogP contribution in [0.5, 0.6) is 5.75 Å². The second-order valence-electron chi connectivity index (χ2n) is 4.49. The van der Waals surface area contributed by atoms with Crippen LogP contribution in [0.4, 0.5) is 4.39 Å². The van der Waals surface area contributed by atoms with Crippen LogP contribution in [-0.4, -0.2) is 31.8 Å². The molecular weight excluding hydrogens is 249 g/mol. The third-order valence-corrected chi connectivity index (χ3v) is 2.51. The number of rotatable bonds is 7. The molecule has 106 valence electrons. The van der Waals surface area contributed by atoms with Gasteiger partial charge in [0.05, 0.1) is 13.7 Å². The Morgan fingerprint density at radius 1 is 1.32 bits per heavy atom. The van der Waals surface area contributed by atoms with Crippen LogP contribution >= 0.6 is 0 Å². The fourth-order valence-electron chi connectivity index (χ4n) is 1.64. The quantitative estimate of drug-likeness (QED) is 0.770. The van der Waals surface area contributed by atoms with Gasteiger partial charge in [-0.2, -0.15) is 0 Å². The number of esters is 1. The average Bonchev–Trinajstić information content (AvgIpc) is 2.38. The fourth-order valence-corrected chi connectivity index (χ4v) is 1.64. The van der Waals surface area contributed by atoms with Gasteiger partial charge in [0.25, 0.3) is 0 Å². The lowest BCUT2D eigenvalue weighted by Crippen LogP contribution is -2.42. The molecule has 1 unspecified atom stereocenters. The van der Waals surface area contributed by atoms with Gasteiger partial charge in [0.1, 0.15) is 17.6 Å². The molecule has 19 heavy (non-hydrogen) atoms. The molecule has 0 aliphatic carbocycles. The summed E-state index contributed by atoms with van der Waals surface area (Å²) in [6.45, 7) is 4.26. The van der Waals surface area contributed by atoms with Crippen LogP contribution in [0.25, 0.3) is 0 Å². The van der Waals surface area contributed by atoms with E-state index in [-0.39, 0.29) is 17.8 Å². The minimum absolute atomic E-state index is 0.176. The van der Waals surface area contributed by atoms with E-state index in [2.05, 4.69) is 5.32 Å². The molecule has 0 spiro atoms. The third-order valence-electron chi connectivity index (χ3n) is 2.51. The number of benzene rings is 1. The number of halogens is 1. The van der Waals surface area contributed by atoms with Gasteiger partial charge in [-0.25, -0.2) is 4.39 Å². The SMILES string of the molecule is COC(=O)C(CCOc1ccc(F)cc1)NC(C)C. The zero-order valence-corrected chi connectivity index (χ0v) is 11.5. The monoisotopic (exact) mass is 269 g/mol. The maximum absolute atomic E-state index is 12.7. The van der Waals surface area contributed by atoms with Crippen molar-refractivity contribution in [1.29, 1.82) is 0 Å². The Balaban J connectivity index is 2.43. The molecular formula is C14H20FNO3. The number of carbonyl (C=O) groups is 1. The molecule has 0 saturated heterocycles. The van der Waals surface area contributed by atoms with Crippen LogP contribution in [0.15, 0.2) is 24.3 Å². The second-order valence-corrected chi connectivity index (χ2v) is 4.49. The average molecular weight is 269 g/mol. The van der Waals surface area contributed by atoms with Crippen molar-refractivity contribution in [2.75, 3.05) is 13.7 Å². The molecule has 0 heterocycles. The van der Waals surface area contributed by atoms with Crippen LogP contribution in [0, 0.1) is 5.82 Å². The van der Waals surface area contributed by atoms with Crippen molar-refractivity contribution in [3.05, 3.63) is 30.1 Å². The summed E-state index contributed by atoms with van der Waals surface area (Å²) < 4.78 is 22.9. The summed E-state index contributed by atoms with van der Waals surface area (Å²) in [6, 6.07) is 5.55. The molecule has 0 bridgehead atoms. The van der Waals surface area contributed by atoms with Gasteiger partial charge in [0, 0.05) is 12.5 Å². The van der Waals surface area contributed by atoms with E-state index < -0.39 is 6.04 Å². The fraction of sp³-hybridized carbons (Fsp3) is 0.500. The minimum atomic E-state index is -0.398. The summed E-state index contributed by atoms with van der Waals surface area (Å²) in [5.74, 6) is -0.0350. The van der Waals surface area contributed by atoms with Gasteiger partial charge in [0.2, 0.25) is 0 Å². The number of methoxy groups -OCH3 is 1. The van der Waals surface area contributed by atoms with Crippen molar-refractivity contribution < 1.29 is 18.7 Å². The zero-order chi connectivity index (χ0) is 14.3. The summed E-state index contributed by atoms with van der Waals surface area (Å²) in [4.78, 5) is 11.5. The summed E-state index contributed by atoms with van der Waals surface area (Å²) in [5, 5.41) is 3.11. The highest BCUT2D eigenvalue weighted by molar-refractivity contribution is 5.75. The number of hydrogen-bond acceptors (Lipinski definition) is 4. The Bertz CT molecular complexity index is 392. The first-order valence-corrected chi connectivity index (χ1v) is 6.25. The Labute approximate surface area is 112 Å². The number of ether oxygens (including phenoxy) is 2. The highest BCUT2D eigenvalue weighted by Gasteiger charge is 2.19. The van der Waals surface area contributed by atoms with Crippen molar-refractivity contribution in [3.63, 3.8) is 0 Å². The van der Waals surface area contributed by atoms with Gasteiger partial charge in [-0.15, -0.1) is 0 Å². The summed E-state index contributed by atoms with van der Waals surface area (Å²) in [5.41, 5.74) is 0. The van der Waals surface area contributed by atoms with Crippen LogP contribution in [0.3, 0.4) is 0 Å². The van der Waals surface area contributed by atoms with Crippen LogP contribution in [-0.2, 0) is 9.53 Å². The molecule has 5 heteroatoms. The topological polar surface area (TPSA) is 47.6 Å². The van der Waals surface area contributed by atoms with Gasteiger partial charge >= 0.3 is 5.97 Å². The summed E-state index contributed by atoms with van der Waals surface area (Å²) >= 11 is 0. The lowest BCUT2D eigenvalue weighted by Gasteiger charge is -2.19. The van der Waals surface area contributed by atoms with E-state index in [0.29, 0.717) is 18.8 Å². The number of carbonyl (C=O) groups excluding carboxylic acids is 1. The van der Waals surface area contributed by atoms with E-state index in [1.54, 1.807) is 12.1 Å². The van der Waals surface area contributed by atoms with Gasteiger partial charge in [-0.3, -0.25) is 4.79 Å². The molecule has 0 aromatic heterocycles. The smallest absolute Gasteiger partial charge is 0.322 e. The number of nitrogens with one attached hydrogen (secondary N) is 1. The highest BCUT2D eigenvalue weighted by Crippen LogP contribution is 2.11. The predicted molar refractivity (Wildman–Crippen MR) is 70.6 cm³/mol. The normalized spacial score (nSPS) is 12.3. The number of hydrogen-bond donors (Lipinski definition) is 1. The summed E-state index contributed by atoms with van der Waals surface area (Å²) in [6.07, 6.45) is 0.488. The van der Waals surface area contributed by atoms with E-state index in [4.69, 9.17) is 9.47 Å². The second kappa shape index (κ2) is 7.74. The maximum Gasteiger partial charge on any atom is 0.322 e. The van der Waals surface area contributed by atoms with Gasteiger partial charge < -0.3 is 14.8 Å². The molecule has 1 atom stereocenters. The van der Waals surface area contributed by atoms with E-state index in [1.165, 1.54) is 19.2 Å². The Morgan fingerprint density at radius 3 is 2.47 bits per heavy atom. The van der Waals surface area contributed by atoms with E-state index >= 15 is 0 Å². The molecule has 0 aliphatic rings. The maximum atomic E-state index is 12.7. The van der Waals surface area contributed by atoms with Crippen LogP contribution < -0.4 is 10.1 Å². The standard InChI is InChI=1S/C14H20FNO3/c1-10(2)16-13(14(17)18-3)8-9-19-12-6-4-11(15)5-7-12/h4-7,10,13,16H,8-9H2,1-3H3. The molecule has 1 rings (SSSR count). The molecule has 0 fully saturated rings. The minimum Gasteiger partial charge on any atom is -0.494 e. The first-order chi connectivity index (χ1) is 9.02. The van der Waals surface area contributed by atoms with Crippen molar-refractivity contribution >= 4 is 5.97 Å². The largest absolute Gasteiger partial charge is 0.494 e. The molecule has 0 amide bonds. The van der Waals surface area contributed by atoms with Crippen molar-refractivity contribution in [1.82, 2.24) is 5.32 Å². The lowest BCUT2D eigenvalue weighted by atomic mass is 10.2. The Kier molecular flexibility index (Phi) is 6.29. The highest BCUT2D eigenvalue weighted by atomic mass is 19.1. The van der Waals surface area contributed by atoms with Crippen LogP contribution in [0.1, 0.15) is 20.3 Å². The van der Waals surface area contributed by atoms with Gasteiger partial charge in [-0.1, -0.05) is 13.8 Å². The van der Waals surface area contributed by atoms with Crippen molar-refractivity contribution in [3.8, 4) is 5.75 Å². The Morgan fingerprint density at radius 2 is 1.95 bits per heavy atom. The summed E-state index contributed by atoms with van der Waals surface area (Å²) in [7, 11) is 1.36. The van der Waals surface area contributed by atoms with E-state index in [9.17, 15) is 9.18 Å². The van der Waals surface area contributed by atoms with E-state index in [0.717, 1.165) is 0 Å². The lowest BCUT2D eigenvalue weighted by molar-refractivity contribution is -0.143. The molecule has 1 aromatic rings. The van der Waals surface area contributed by atoms with Gasteiger partial charge in [0.15, 0.2) is 0 Å². The first kappa shape index (κ1) is 15.4. The van der Waals surface area contributed by atoms with Crippen LogP contribution in [0.2, 0.25) is 0 Å². The molecule has 1 aromatic carbocycles. The van der Waals surface area contributed by atoms with E-state index in [1.807, 2.05) is 13.8 Å². The molecule has 0 aliphatic heterocycles. The molecule has 0 radical (unpaired) electrons. The third kappa shape index (κ3) is 5.70. The molecule has 0 saturated carbocycles. The molecule has 1 N–H and O–H groups in total.